The van der Waals surface area contributed by atoms with E-state index in [0.717, 1.165) is 11.2 Å². The molecular formula is C42H38ClF5N8O6. The zero-order valence-corrected chi connectivity index (χ0v) is 34.0. The number of carbonyl (C=O) groups is 4. The fourth-order valence-corrected chi connectivity index (χ4v) is 7.98. The van der Waals surface area contributed by atoms with E-state index in [0.29, 0.717) is 27.3 Å². The number of aromatic nitrogens is 4. The van der Waals surface area contributed by atoms with Crippen molar-refractivity contribution in [3.8, 4) is 5.69 Å². The number of aldehydes is 1. The SMILES string of the molecule is CC(C)(C)C[C@]1(c2ccc3c(C=O)nccc3c2)N=C(NC(=O)OCc2ccccc2)N([C@H](CN(C(=O)O)C2(C(F)(F)F)CC2)c2ccc(Cl)c(-n3ncnc3C(F)F)c2)C1=O. The number of nitrogens with one attached hydrogen (secondary N) is 1. The number of hydrogen-bond donors (Lipinski definition) is 2. The summed E-state index contributed by atoms with van der Waals surface area (Å²) in [6.07, 6.45) is -9.74. The number of pyridine rings is 1. The number of fused-ring (bicyclic) bond motifs is 1. The highest BCUT2D eigenvalue weighted by Gasteiger charge is 2.69. The van der Waals surface area contributed by atoms with Crippen LogP contribution in [0.1, 0.15) is 85.5 Å². The molecule has 0 spiro atoms. The number of benzene rings is 3. The summed E-state index contributed by atoms with van der Waals surface area (Å²) in [6.45, 7) is 4.13. The Balaban J connectivity index is 1.45. The highest BCUT2D eigenvalue weighted by Crippen LogP contribution is 2.55. The molecule has 14 nitrogen and oxygen atoms in total. The molecule has 0 radical (unpaired) electrons. The van der Waals surface area contributed by atoms with Crippen molar-refractivity contribution < 1.29 is 51.0 Å². The number of alkyl halides is 5. The molecule has 0 saturated heterocycles. The van der Waals surface area contributed by atoms with Gasteiger partial charge in [0.25, 0.3) is 12.3 Å². The van der Waals surface area contributed by atoms with Crippen LogP contribution in [0, 0.1) is 5.41 Å². The molecule has 3 aromatic carbocycles. The molecule has 1 saturated carbocycles. The van der Waals surface area contributed by atoms with Crippen LogP contribution in [-0.4, -0.2) is 83.3 Å². The summed E-state index contributed by atoms with van der Waals surface area (Å²) < 4.78 is 78.9. The molecule has 0 unspecified atom stereocenters. The van der Waals surface area contributed by atoms with E-state index in [9.17, 15) is 41.4 Å². The minimum Gasteiger partial charge on any atom is -0.465 e. The molecule has 62 heavy (non-hydrogen) atoms. The smallest absolute Gasteiger partial charge is 0.414 e. The minimum absolute atomic E-state index is 0.0822. The second kappa shape index (κ2) is 16.4. The van der Waals surface area contributed by atoms with Gasteiger partial charge in [0.05, 0.1) is 23.3 Å². The number of aliphatic imine (C=N–C) groups is 1. The fourth-order valence-electron chi connectivity index (χ4n) is 7.78. The molecule has 1 fully saturated rings. The van der Waals surface area contributed by atoms with Crippen molar-refractivity contribution in [3.05, 3.63) is 119 Å². The first-order chi connectivity index (χ1) is 29.3. The Labute approximate surface area is 355 Å². The maximum Gasteiger partial charge on any atom is 0.414 e. The Morgan fingerprint density at radius 3 is 2.39 bits per heavy atom. The van der Waals surface area contributed by atoms with E-state index in [-0.39, 0.29) is 45.5 Å². The lowest BCUT2D eigenvalue weighted by molar-refractivity contribution is -0.191. The van der Waals surface area contributed by atoms with Crippen LogP contribution in [0.3, 0.4) is 0 Å². The summed E-state index contributed by atoms with van der Waals surface area (Å²) in [4.78, 5) is 67.9. The van der Waals surface area contributed by atoms with Crippen molar-refractivity contribution in [2.45, 2.75) is 76.4 Å². The second-order valence-corrected chi connectivity index (χ2v) is 16.5. The van der Waals surface area contributed by atoms with Crippen LogP contribution in [0.5, 0.6) is 0 Å². The monoisotopic (exact) mass is 880 g/mol. The largest absolute Gasteiger partial charge is 0.465 e. The topological polar surface area (TPSA) is 172 Å². The lowest BCUT2D eigenvalue weighted by Gasteiger charge is -2.39. The van der Waals surface area contributed by atoms with Crippen molar-refractivity contribution >= 4 is 52.7 Å². The first-order valence-electron chi connectivity index (χ1n) is 19.1. The van der Waals surface area contributed by atoms with Gasteiger partial charge in [-0.3, -0.25) is 29.7 Å². The Kier molecular flexibility index (Phi) is 11.5. The lowest BCUT2D eigenvalue weighted by Crippen LogP contribution is -2.56. The van der Waals surface area contributed by atoms with Crippen LogP contribution >= 0.6 is 11.6 Å². The number of alkyl carbamates (subject to hydrolysis) is 1. The van der Waals surface area contributed by atoms with Gasteiger partial charge in [0, 0.05) is 11.6 Å². The van der Waals surface area contributed by atoms with Crippen LogP contribution in [0.4, 0.5) is 31.5 Å². The van der Waals surface area contributed by atoms with Gasteiger partial charge < -0.3 is 9.84 Å². The molecular weight excluding hydrogens is 843 g/mol. The average molecular weight is 881 g/mol. The summed E-state index contributed by atoms with van der Waals surface area (Å²) in [7, 11) is 0. The Morgan fingerprint density at radius 1 is 1.03 bits per heavy atom. The molecule has 0 bridgehead atoms. The number of hydrogen-bond acceptors (Lipinski definition) is 9. The van der Waals surface area contributed by atoms with Crippen molar-refractivity contribution in [2.75, 3.05) is 6.54 Å². The normalized spacial score (nSPS) is 17.8. The van der Waals surface area contributed by atoms with E-state index in [1.807, 2.05) is 20.8 Å². The number of halogens is 6. The number of nitrogens with zero attached hydrogens (tertiary/aromatic N) is 7. The molecule has 1 aliphatic carbocycles. The molecule has 2 aromatic heterocycles. The van der Waals surface area contributed by atoms with E-state index in [1.165, 1.54) is 30.5 Å². The first-order valence-corrected chi connectivity index (χ1v) is 19.5. The molecule has 2 aliphatic rings. The number of carboxylic acid groups (broad SMARTS) is 1. The molecule has 324 valence electrons. The maximum atomic E-state index is 15.7. The van der Waals surface area contributed by atoms with Crippen LogP contribution < -0.4 is 5.32 Å². The van der Waals surface area contributed by atoms with Gasteiger partial charge in [-0.1, -0.05) is 80.9 Å². The predicted molar refractivity (Wildman–Crippen MR) is 214 cm³/mol. The van der Waals surface area contributed by atoms with E-state index in [1.54, 1.807) is 48.5 Å². The quantitative estimate of drug-likeness (QED) is 0.0918. The van der Waals surface area contributed by atoms with Crippen LogP contribution in [0.2, 0.25) is 5.02 Å². The molecule has 3 heterocycles. The molecule has 7 rings (SSSR count). The third kappa shape index (κ3) is 8.27. The average Bonchev–Trinajstić information content (AvgIpc) is 3.81. The predicted octanol–water partition coefficient (Wildman–Crippen LogP) is 8.79. The minimum atomic E-state index is -5.05. The molecule has 5 aromatic rings. The van der Waals surface area contributed by atoms with Gasteiger partial charge in [-0.05, 0) is 71.0 Å². The fraction of sp³-hybridized carbons (Fsp3) is 0.333. The Bertz CT molecular complexity index is 2580. The molecule has 1 aliphatic heterocycles. The highest BCUT2D eigenvalue weighted by atomic mass is 35.5. The Morgan fingerprint density at radius 2 is 1.76 bits per heavy atom. The number of guanidine groups is 1. The standard InChI is InChI=1S/C42H38ClF5N8O6/c1-39(2,3)22-41(27-10-11-28-25(17-27)13-16-49-30(28)20-57)35(58)55(36(53-41)52-37(59)62-21-24-7-5-4-6-8-24)32(19-54(38(60)61)40(14-15-40)42(46,47)48)26-9-12-29(43)31(18-26)56-34(33(44)45)50-23-51-56/h4-13,16-18,20,23,32-33H,14-15,19,21-22H2,1-3H3,(H,60,61)(H,52,53,59)/t32-,41-/m1/s1. The molecule has 2 N–H and O–H groups in total. The summed E-state index contributed by atoms with van der Waals surface area (Å²) in [5.74, 6) is -2.25. The summed E-state index contributed by atoms with van der Waals surface area (Å²) in [5.41, 5.74) is -4.92. The van der Waals surface area contributed by atoms with Crippen molar-refractivity contribution in [1.29, 1.82) is 0 Å². The summed E-state index contributed by atoms with van der Waals surface area (Å²) >= 11 is 6.52. The van der Waals surface area contributed by atoms with E-state index >= 15 is 4.79 Å². The van der Waals surface area contributed by atoms with E-state index in [4.69, 9.17) is 21.3 Å². The van der Waals surface area contributed by atoms with E-state index < -0.39 is 84.4 Å². The van der Waals surface area contributed by atoms with Gasteiger partial charge in [-0.15, -0.1) is 0 Å². The maximum absolute atomic E-state index is 15.7. The van der Waals surface area contributed by atoms with Crippen molar-refractivity contribution in [3.63, 3.8) is 0 Å². The van der Waals surface area contributed by atoms with Gasteiger partial charge in [0.15, 0.2) is 17.6 Å². The van der Waals surface area contributed by atoms with Crippen molar-refractivity contribution in [2.24, 2.45) is 10.4 Å². The van der Waals surface area contributed by atoms with E-state index in [2.05, 4.69) is 20.4 Å². The Hall–Kier alpha value is -6.50. The molecule has 2 atom stereocenters. The first kappa shape index (κ1) is 43.6. The number of ether oxygens (including phenoxy) is 1. The van der Waals surface area contributed by atoms with Gasteiger partial charge >= 0.3 is 18.4 Å². The van der Waals surface area contributed by atoms with Gasteiger partial charge in [0.2, 0.25) is 5.96 Å². The molecule has 3 amide bonds. The highest BCUT2D eigenvalue weighted by molar-refractivity contribution is 6.32. The molecule has 20 heteroatoms. The van der Waals surface area contributed by atoms with Gasteiger partial charge in [0.1, 0.15) is 24.2 Å². The van der Waals surface area contributed by atoms with Crippen LogP contribution in [-0.2, 0) is 21.7 Å². The second-order valence-electron chi connectivity index (χ2n) is 16.1. The number of carbonyl (C=O) groups excluding carboxylic acids is 3. The van der Waals surface area contributed by atoms with Crippen molar-refractivity contribution in [1.82, 2.24) is 34.9 Å². The summed E-state index contributed by atoms with van der Waals surface area (Å²) in [6, 6.07) is 16.8. The summed E-state index contributed by atoms with van der Waals surface area (Å²) in [5, 5.41) is 17.6. The zero-order valence-electron chi connectivity index (χ0n) is 33.2. The lowest BCUT2D eigenvalue weighted by atomic mass is 9.75. The number of amides is 3. The third-order valence-corrected chi connectivity index (χ3v) is 11.0. The van der Waals surface area contributed by atoms with Crippen LogP contribution in [0.25, 0.3) is 16.5 Å². The van der Waals surface area contributed by atoms with Gasteiger partial charge in [-0.2, -0.15) is 18.3 Å². The zero-order chi connectivity index (χ0) is 44.8. The third-order valence-electron chi connectivity index (χ3n) is 10.7. The van der Waals surface area contributed by atoms with Gasteiger partial charge in [-0.25, -0.2) is 33.0 Å². The number of rotatable bonds is 12. The van der Waals surface area contributed by atoms with Crippen LogP contribution in [0.15, 0.2) is 90.3 Å².